The summed E-state index contributed by atoms with van der Waals surface area (Å²) in [6.07, 6.45) is 0. The lowest BCUT2D eigenvalue weighted by Crippen LogP contribution is -2.44. The SMILES string of the molecule is CBc1ccc(-c2nc(C)c3c(n2)sc2c(OCC)nc(N4CCNCC4)nc23)cc1. The van der Waals surface area contributed by atoms with E-state index in [1.165, 1.54) is 5.46 Å². The van der Waals surface area contributed by atoms with Crippen LogP contribution in [-0.4, -0.2) is 60.0 Å². The highest BCUT2D eigenvalue weighted by atomic mass is 32.1. The third kappa shape index (κ3) is 3.72. The third-order valence-corrected chi connectivity index (χ3v) is 6.68. The number of aryl methyl sites for hydroxylation is 1. The Balaban J connectivity index is 1.67. The first kappa shape index (κ1) is 20.1. The van der Waals surface area contributed by atoms with Crippen molar-refractivity contribution in [2.24, 2.45) is 0 Å². The van der Waals surface area contributed by atoms with Crippen LogP contribution < -0.4 is 20.4 Å². The molecule has 31 heavy (non-hydrogen) atoms. The molecule has 5 rings (SSSR count). The van der Waals surface area contributed by atoms with Crippen LogP contribution in [0.2, 0.25) is 6.82 Å². The van der Waals surface area contributed by atoms with E-state index >= 15 is 0 Å². The van der Waals surface area contributed by atoms with Crippen LogP contribution in [0, 0.1) is 6.92 Å². The quantitative estimate of drug-likeness (QED) is 0.486. The zero-order valence-electron chi connectivity index (χ0n) is 18.1. The third-order valence-electron chi connectivity index (χ3n) is 5.62. The van der Waals surface area contributed by atoms with Gasteiger partial charge < -0.3 is 15.0 Å². The highest BCUT2D eigenvalue weighted by Gasteiger charge is 2.22. The fourth-order valence-corrected chi connectivity index (χ4v) is 5.04. The van der Waals surface area contributed by atoms with Gasteiger partial charge in [0.05, 0.1) is 17.7 Å². The maximum atomic E-state index is 5.93. The lowest BCUT2D eigenvalue weighted by Gasteiger charge is -2.27. The van der Waals surface area contributed by atoms with Crippen molar-refractivity contribution >= 4 is 50.5 Å². The number of nitrogens with zero attached hydrogens (tertiary/aromatic N) is 5. The zero-order valence-corrected chi connectivity index (χ0v) is 18.9. The van der Waals surface area contributed by atoms with Crippen LogP contribution >= 0.6 is 11.3 Å². The second kappa shape index (κ2) is 8.40. The van der Waals surface area contributed by atoms with Crippen molar-refractivity contribution in [3.05, 3.63) is 30.0 Å². The van der Waals surface area contributed by atoms with E-state index in [0.29, 0.717) is 12.5 Å². The van der Waals surface area contributed by atoms with Crippen molar-refractivity contribution < 1.29 is 4.74 Å². The van der Waals surface area contributed by atoms with E-state index in [2.05, 4.69) is 41.3 Å². The maximum Gasteiger partial charge on any atom is 0.236 e. The maximum absolute atomic E-state index is 5.93. The van der Waals surface area contributed by atoms with Crippen LogP contribution in [0.4, 0.5) is 5.95 Å². The number of anilines is 1. The summed E-state index contributed by atoms with van der Waals surface area (Å²) >= 11 is 1.58. The van der Waals surface area contributed by atoms with E-state index in [-0.39, 0.29) is 0 Å². The average molecular weight is 432 g/mol. The summed E-state index contributed by atoms with van der Waals surface area (Å²) in [5.74, 6) is 2.10. The molecule has 0 radical (unpaired) electrons. The number of piperazine rings is 1. The van der Waals surface area contributed by atoms with Gasteiger partial charge in [0.25, 0.3) is 0 Å². The molecule has 3 aromatic heterocycles. The van der Waals surface area contributed by atoms with Crippen LogP contribution in [-0.2, 0) is 0 Å². The molecule has 1 N–H and O–H groups in total. The number of hydrogen-bond donors (Lipinski definition) is 1. The standard InChI is InChI=1S/C22H25BN6OS/c1-4-30-20-18-17(26-22(28-20)29-11-9-24-10-12-29)16-13(2)25-19(27-21(16)31-18)14-5-7-15(23-3)8-6-14/h5-8,23-24H,4,9-12H2,1-3H3. The molecule has 1 aliphatic rings. The van der Waals surface area contributed by atoms with Crippen LogP contribution in [0.15, 0.2) is 24.3 Å². The van der Waals surface area contributed by atoms with Crippen molar-refractivity contribution in [3.63, 3.8) is 0 Å². The molecule has 1 fully saturated rings. The first-order valence-electron chi connectivity index (χ1n) is 10.8. The monoisotopic (exact) mass is 432 g/mol. The molecule has 0 spiro atoms. The van der Waals surface area contributed by atoms with Gasteiger partial charge in [0.2, 0.25) is 11.8 Å². The Bertz CT molecular complexity index is 1240. The van der Waals surface area contributed by atoms with Crippen molar-refractivity contribution in [1.82, 2.24) is 25.3 Å². The van der Waals surface area contributed by atoms with Gasteiger partial charge in [-0.25, -0.2) is 15.0 Å². The molecule has 4 aromatic rings. The van der Waals surface area contributed by atoms with E-state index in [4.69, 9.17) is 24.7 Å². The zero-order chi connectivity index (χ0) is 21.4. The van der Waals surface area contributed by atoms with Gasteiger partial charge in [-0.2, -0.15) is 4.98 Å². The van der Waals surface area contributed by atoms with E-state index in [0.717, 1.165) is 76.9 Å². The Morgan fingerprint density at radius 2 is 1.87 bits per heavy atom. The summed E-state index contributed by atoms with van der Waals surface area (Å²) in [7, 11) is 1.02. The molecule has 9 heteroatoms. The molecule has 0 unspecified atom stereocenters. The predicted molar refractivity (Wildman–Crippen MR) is 130 cm³/mol. The number of thiophene rings is 1. The second-order valence-corrected chi connectivity index (χ2v) is 8.64. The van der Waals surface area contributed by atoms with E-state index < -0.39 is 0 Å². The van der Waals surface area contributed by atoms with Gasteiger partial charge in [0.1, 0.15) is 15.0 Å². The molecule has 1 saturated heterocycles. The normalized spacial score (nSPS) is 14.4. The Morgan fingerprint density at radius 3 is 2.58 bits per heavy atom. The summed E-state index contributed by atoms with van der Waals surface area (Å²) in [5, 5.41) is 4.37. The Hall–Kier alpha value is -2.78. The molecule has 7 nitrogen and oxygen atoms in total. The average Bonchev–Trinajstić information content (AvgIpc) is 3.19. The molecule has 0 saturated carbocycles. The Morgan fingerprint density at radius 1 is 1.10 bits per heavy atom. The van der Waals surface area contributed by atoms with Gasteiger partial charge in [-0.05, 0) is 13.8 Å². The highest BCUT2D eigenvalue weighted by molar-refractivity contribution is 7.25. The number of rotatable bonds is 5. The van der Waals surface area contributed by atoms with Gasteiger partial charge in [-0.3, -0.25) is 0 Å². The van der Waals surface area contributed by atoms with Crippen molar-refractivity contribution in [3.8, 4) is 17.3 Å². The van der Waals surface area contributed by atoms with Crippen molar-refractivity contribution in [2.45, 2.75) is 20.7 Å². The van der Waals surface area contributed by atoms with Crippen LogP contribution in [0.5, 0.6) is 5.88 Å². The van der Waals surface area contributed by atoms with Crippen molar-refractivity contribution in [1.29, 1.82) is 0 Å². The Kier molecular flexibility index (Phi) is 5.46. The summed E-state index contributed by atoms with van der Waals surface area (Å²) in [5.41, 5.74) is 4.15. The molecule has 4 heterocycles. The number of fused-ring (bicyclic) bond motifs is 3. The minimum atomic E-state index is 0.557. The van der Waals surface area contributed by atoms with Gasteiger partial charge in [-0.1, -0.05) is 36.6 Å². The molecule has 1 aromatic carbocycles. The topological polar surface area (TPSA) is 76.1 Å². The number of benzene rings is 1. The molecular weight excluding hydrogens is 407 g/mol. The molecule has 0 amide bonds. The summed E-state index contributed by atoms with van der Waals surface area (Å²) in [6, 6.07) is 8.48. The van der Waals surface area contributed by atoms with Crippen LogP contribution in [0.25, 0.3) is 31.8 Å². The minimum Gasteiger partial charge on any atom is -0.477 e. The molecule has 158 valence electrons. The number of ether oxygens (including phenoxy) is 1. The van der Waals surface area contributed by atoms with Crippen LogP contribution in [0.1, 0.15) is 12.6 Å². The Labute approximate surface area is 186 Å². The smallest absolute Gasteiger partial charge is 0.236 e. The first-order chi connectivity index (χ1) is 15.2. The van der Waals surface area contributed by atoms with Gasteiger partial charge >= 0.3 is 0 Å². The van der Waals surface area contributed by atoms with E-state index in [9.17, 15) is 0 Å². The first-order valence-corrected chi connectivity index (χ1v) is 11.7. The van der Waals surface area contributed by atoms with Gasteiger partial charge in [0.15, 0.2) is 13.1 Å². The largest absolute Gasteiger partial charge is 0.477 e. The number of aromatic nitrogens is 4. The van der Waals surface area contributed by atoms with Crippen LogP contribution in [0.3, 0.4) is 0 Å². The highest BCUT2D eigenvalue weighted by Crippen LogP contribution is 2.39. The van der Waals surface area contributed by atoms with E-state index in [1.807, 2.05) is 13.8 Å². The molecule has 0 bridgehead atoms. The molecule has 0 atom stereocenters. The van der Waals surface area contributed by atoms with Gasteiger partial charge in [-0.15, -0.1) is 11.3 Å². The second-order valence-electron chi connectivity index (χ2n) is 7.64. The summed E-state index contributed by atoms with van der Waals surface area (Å²) in [6.45, 7) is 10.3. The fourth-order valence-electron chi connectivity index (χ4n) is 3.93. The lowest BCUT2D eigenvalue weighted by molar-refractivity contribution is 0.331. The fraction of sp³-hybridized carbons (Fsp3) is 0.364. The van der Waals surface area contributed by atoms with E-state index in [1.54, 1.807) is 11.3 Å². The van der Waals surface area contributed by atoms with Gasteiger partial charge in [0, 0.05) is 31.7 Å². The predicted octanol–water partition coefficient (Wildman–Crippen LogP) is 2.53. The minimum absolute atomic E-state index is 0.557. The number of hydrogen-bond acceptors (Lipinski definition) is 8. The molecule has 1 aliphatic heterocycles. The summed E-state index contributed by atoms with van der Waals surface area (Å²) < 4.78 is 6.87. The summed E-state index contributed by atoms with van der Waals surface area (Å²) in [4.78, 5) is 22.6. The number of nitrogens with one attached hydrogen (secondary N) is 1. The molecule has 0 aliphatic carbocycles. The lowest BCUT2D eigenvalue weighted by atomic mass is 9.73. The van der Waals surface area contributed by atoms with Crippen molar-refractivity contribution in [2.75, 3.05) is 37.7 Å². The molecular formula is C22H25BN6OS.